The Bertz CT molecular complexity index is 992. The average Bonchev–Trinajstić information content (AvgIpc) is 3.20. The molecule has 0 radical (unpaired) electrons. The molecular formula is C21H23N2O5P. The Balaban J connectivity index is 1.85. The first-order valence-electron chi connectivity index (χ1n) is 8.91. The van der Waals surface area contributed by atoms with Crippen molar-refractivity contribution in [2.45, 2.75) is 6.54 Å². The van der Waals surface area contributed by atoms with Crippen LogP contribution in [0.5, 0.6) is 5.75 Å². The Morgan fingerprint density at radius 1 is 1.00 bits per heavy atom. The molecule has 3 aromatic rings. The molecule has 0 unspecified atom stereocenters. The zero-order valence-corrected chi connectivity index (χ0v) is 17.4. The highest BCUT2D eigenvalue weighted by Gasteiger charge is 2.33. The minimum atomic E-state index is -3.60. The summed E-state index contributed by atoms with van der Waals surface area (Å²) >= 11 is 0. The molecule has 7 nitrogen and oxygen atoms in total. The molecule has 0 aliphatic carbocycles. The van der Waals surface area contributed by atoms with E-state index in [1.54, 1.807) is 13.2 Å². The van der Waals surface area contributed by atoms with Crippen molar-refractivity contribution in [3.8, 4) is 5.75 Å². The van der Waals surface area contributed by atoms with Crippen molar-refractivity contribution < 1.29 is 22.8 Å². The van der Waals surface area contributed by atoms with Crippen LogP contribution in [0.4, 0.5) is 5.88 Å². The van der Waals surface area contributed by atoms with Gasteiger partial charge in [-0.15, -0.1) is 0 Å². The monoisotopic (exact) mass is 414 g/mol. The van der Waals surface area contributed by atoms with E-state index >= 15 is 0 Å². The lowest BCUT2D eigenvalue weighted by Crippen LogP contribution is -2.14. The number of hydrogen-bond acceptors (Lipinski definition) is 7. The maximum Gasteiger partial charge on any atom is 0.384 e. The molecule has 2 aromatic carbocycles. The number of aromatic nitrogens is 1. The van der Waals surface area contributed by atoms with Gasteiger partial charge in [0.05, 0.1) is 7.11 Å². The van der Waals surface area contributed by atoms with Crippen LogP contribution in [0.3, 0.4) is 0 Å². The van der Waals surface area contributed by atoms with Gasteiger partial charge >= 0.3 is 7.60 Å². The Labute approximate surface area is 169 Å². The van der Waals surface area contributed by atoms with Crippen LogP contribution in [0, 0.1) is 0 Å². The van der Waals surface area contributed by atoms with Crippen molar-refractivity contribution in [3.63, 3.8) is 0 Å². The topological polar surface area (TPSA) is 82.8 Å². The molecule has 8 heteroatoms. The number of ether oxygens (including phenoxy) is 1. The second-order valence-corrected chi connectivity index (χ2v) is 8.16. The zero-order valence-electron chi connectivity index (χ0n) is 16.5. The molecule has 0 bridgehead atoms. The van der Waals surface area contributed by atoms with Crippen molar-refractivity contribution in [2.75, 3.05) is 26.6 Å². The fourth-order valence-electron chi connectivity index (χ4n) is 2.61. The summed E-state index contributed by atoms with van der Waals surface area (Å²) in [5.41, 5.74) is 2.07. The molecule has 0 saturated heterocycles. The first kappa shape index (κ1) is 20.9. The molecule has 152 valence electrons. The van der Waals surface area contributed by atoms with Gasteiger partial charge in [0.15, 0.2) is 0 Å². The third-order valence-electron chi connectivity index (χ3n) is 4.20. The standard InChI is InChI=1S/C21H23N2O5P/c1-25-18-12-9-17(10-13-18)15-22-20-21(29(24,26-2)27-3)23-19(28-20)14-11-16-7-5-4-6-8-16/h4-14,22H,15H2,1-3H3. The van der Waals surface area contributed by atoms with Crippen molar-refractivity contribution in [2.24, 2.45) is 0 Å². The van der Waals surface area contributed by atoms with Crippen LogP contribution < -0.4 is 15.5 Å². The fourth-order valence-corrected chi connectivity index (χ4v) is 3.69. The Morgan fingerprint density at radius 2 is 1.69 bits per heavy atom. The third-order valence-corrected chi connectivity index (χ3v) is 5.98. The summed E-state index contributed by atoms with van der Waals surface area (Å²) in [4.78, 5) is 4.33. The molecule has 0 aliphatic rings. The van der Waals surface area contributed by atoms with Gasteiger partial charge in [0.1, 0.15) is 5.75 Å². The van der Waals surface area contributed by atoms with Crippen LogP contribution in [0.25, 0.3) is 12.2 Å². The van der Waals surface area contributed by atoms with E-state index in [0.29, 0.717) is 6.54 Å². The highest BCUT2D eigenvalue weighted by Crippen LogP contribution is 2.47. The third kappa shape index (κ3) is 5.15. The van der Waals surface area contributed by atoms with Crippen molar-refractivity contribution in [1.82, 2.24) is 4.98 Å². The summed E-state index contributed by atoms with van der Waals surface area (Å²) in [7, 11) is 0.638. The highest BCUT2D eigenvalue weighted by atomic mass is 31.2. The number of nitrogens with one attached hydrogen (secondary N) is 1. The number of oxazole rings is 1. The molecule has 0 fully saturated rings. The van der Waals surface area contributed by atoms with E-state index in [9.17, 15) is 4.57 Å². The predicted octanol–water partition coefficient (Wildman–Crippen LogP) is 4.58. The summed E-state index contributed by atoms with van der Waals surface area (Å²) in [6, 6.07) is 17.3. The van der Waals surface area contributed by atoms with E-state index in [1.807, 2.05) is 60.7 Å². The smallest absolute Gasteiger partial charge is 0.384 e. The van der Waals surface area contributed by atoms with E-state index < -0.39 is 7.60 Å². The second kappa shape index (κ2) is 9.56. The molecule has 1 heterocycles. The van der Waals surface area contributed by atoms with Gasteiger partial charge in [-0.05, 0) is 29.3 Å². The molecule has 1 aromatic heterocycles. The minimum Gasteiger partial charge on any atom is -0.497 e. The number of hydrogen-bond donors (Lipinski definition) is 1. The second-order valence-electron chi connectivity index (χ2n) is 6.01. The van der Waals surface area contributed by atoms with E-state index in [-0.39, 0.29) is 17.2 Å². The van der Waals surface area contributed by atoms with Gasteiger partial charge in [-0.25, -0.2) is 0 Å². The predicted molar refractivity (Wildman–Crippen MR) is 113 cm³/mol. The van der Waals surface area contributed by atoms with Crippen molar-refractivity contribution in [3.05, 3.63) is 71.6 Å². The van der Waals surface area contributed by atoms with Gasteiger partial charge in [0.2, 0.25) is 17.2 Å². The van der Waals surface area contributed by atoms with Crippen LogP contribution in [0.2, 0.25) is 0 Å². The summed E-state index contributed by atoms with van der Waals surface area (Å²) in [5, 5.41) is 3.12. The summed E-state index contributed by atoms with van der Waals surface area (Å²) in [5.74, 6) is 1.29. The normalized spacial score (nSPS) is 11.7. The highest BCUT2D eigenvalue weighted by molar-refractivity contribution is 7.62. The number of nitrogens with zero attached hydrogens (tertiary/aromatic N) is 1. The van der Waals surface area contributed by atoms with Gasteiger partial charge < -0.3 is 23.5 Å². The maximum absolute atomic E-state index is 12.9. The van der Waals surface area contributed by atoms with Gasteiger partial charge in [-0.3, -0.25) is 4.57 Å². The Morgan fingerprint density at radius 3 is 2.31 bits per heavy atom. The number of anilines is 1. The van der Waals surface area contributed by atoms with Gasteiger partial charge in [0, 0.05) is 26.8 Å². The van der Waals surface area contributed by atoms with E-state index in [4.69, 9.17) is 18.2 Å². The van der Waals surface area contributed by atoms with Gasteiger partial charge in [0.25, 0.3) is 0 Å². The van der Waals surface area contributed by atoms with Gasteiger partial charge in [-0.1, -0.05) is 42.5 Å². The number of benzene rings is 2. The van der Waals surface area contributed by atoms with Crippen molar-refractivity contribution in [1.29, 1.82) is 0 Å². The summed E-state index contributed by atoms with van der Waals surface area (Å²) in [6.45, 7) is 0.432. The zero-order chi connectivity index (χ0) is 20.7. The Hall–Kier alpha value is -2.86. The molecule has 0 saturated carbocycles. The Kier molecular flexibility index (Phi) is 6.88. The average molecular weight is 414 g/mol. The van der Waals surface area contributed by atoms with Crippen LogP contribution in [-0.4, -0.2) is 26.3 Å². The maximum atomic E-state index is 12.9. The first-order chi connectivity index (χ1) is 14.1. The lowest BCUT2D eigenvalue weighted by molar-refractivity contribution is 0.286. The van der Waals surface area contributed by atoms with E-state index in [2.05, 4.69) is 10.3 Å². The molecule has 0 aliphatic heterocycles. The first-order valence-corrected chi connectivity index (χ1v) is 10.4. The lowest BCUT2D eigenvalue weighted by atomic mass is 10.2. The lowest BCUT2D eigenvalue weighted by Gasteiger charge is -2.12. The quantitative estimate of drug-likeness (QED) is 0.513. The summed E-state index contributed by atoms with van der Waals surface area (Å²) < 4.78 is 34.1. The molecule has 29 heavy (non-hydrogen) atoms. The van der Waals surface area contributed by atoms with Gasteiger partial charge in [-0.2, -0.15) is 4.98 Å². The van der Waals surface area contributed by atoms with Crippen LogP contribution in [0.15, 0.2) is 59.0 Å². The largest absolute Gasteiger partial charge is 0.497 e. The molecular weight excluding hydrogens is 391 g/mol. The fraction of sp³-hybridized carbons (Fsp3) is 0.190. The number of rotatable bonds is 9. The molecule has 0 spiro atoms. The van der Waals surface area contributed by atoms with Crippen LogP contribution in [0.1, 0.15) is 17.0 Å². The minimum absolute atomic E-state index is 0.101. The molecule has 0 atom stereocenters. The van der Waals surface area contributed by atoms with Crippen LogP contribution in [-0.2, 0) is 20.2 Å². The molecule has 3 rings (SSSR count). The van der Waals surface area contributed by atoms with E-state index in [0.717, 1.165) is 16.9 Å². The number of methoxy groups -OCH3 is 1. The molecule has 1 N–H and O–H groups in total. The van der Waals surface area contributed by atoms with E-state index in [1.165, 1.54) is 14.2 Å². The summed E-state index contributed by atoms with van der Waals surface area (Å²) in [6.07, 6.45) is 3.56. The SMILES string of the molecule is COc1ccc(CNc2oc(C=Cc3ccccc3)nc2P(=O)(OC)OC)cc1. The van der Waals surface area contributed by atoms with Crippen molar-refractivity contribution >= 4 is 31.1 Å². The van der Waals surface area contributed by atoms with Crippen LogP contribution >= 0.6 is 7.60 Å². The molecule has 0 amide bonds.